The van der Waals surface area contributed by atoms with E-state index in [0.29, 0.717) is 24.5 Å². The average molecular weight is 338 g/mol. The van der Waals surface area contributed by atoms with Crippen molar-refractivity contribution in [3.63, 3.8) is 0 Å². The van der Waals surface area contributed by atoms with Crippen LogP contribution in [-0.4, -0.2) is 21.2 Å². The molecule has 24 heavy (non-hydrogen) atoms. The fourth-order valence-corrected chi connectivity index (χ4v) is 3.09. The zero-order chi connectivity index (χ0) is 16.5. The molecule has 0 saturated heterocycles. The van der Waals surface area contributed by atoms with Gasteiger partial charge in [0.2, 0.25) is 5.91 Å². The van der Waals surface area contributed by atoms with Gasteiger partial charge in [-0.2, -0.15) is 5.10 Å². The zero-order valence-corrected chi connectivity index (χ0v) is 13.8. The molecule has 1 aromatic heterocycles. The number of amides is 1. The topological polar surface area (TPSA) is 37.6 Å². The van der Waals surface area contributed by atoms with Crippen molar-refractivity contribution in [3.8, 4) is 0 Å². The summed E-state index contributed by atoms with van der Waals surface area (Å²) >= 11 is 5.95. The van der Waals surface area contributed by atoms with Crippen molar-refractivity contribution < 1.29 is 4.79 Å². The lowest BCUT2D eigenvalue weighted by Gasteiger charge is -2.24. The van der Waals surface area contributed by atoms with E-state index in [1.807, 2.05) is 59.3 Å². The molecule has 0 bridgehead atoms. The van der Waals surface area contributed by atoms with Crippen LogP contribution in [0.3, 0.4) is 0 Å². The SMILES string of the molecule is O=C1CCC(c2ccc(Cl)cc2)=NN1Cn1ccc2ccccc21. The summed E-state index contributed by atoms with van der Waals surface area (Å²) in [6.45, 7) is 0.420. The fraction of sp³-hybridized carbons (Fsp3) is 0.158. The number of halogens is 1. The number of para-hydroxylation sites is 1. The minimum absolute atomic E-state index is 0.0468. The minimum atomic E-state index is 0.0468. The summed E-state index contributed by atoms with van der Waals surface area (Å²) in [5, 5.41) is 7.99. The molecule has 5 heteroatoms. The summed E-state index contributed by atoms with van der Waals surface area (Å²) < 4.78 is 2.04. The quantitative estimate of drug-likeness (QED) is 0.703. The third kappa shape index (κ3) is 2.81. The first-order valence-electron chi connectivity index (χ1n) is 7.88. The van der Waals surface area contributed by atoms with Crippen molar-refractivity contribution in [1.29, 1.82) is 0 Å². The van der Waals surface area contributed by atoms with Gasteiger partial charge in [0.15, 0.2) is 0 Å². The number of rotatable bonds is 3. The summed E-state index contributed by atoms with van der Waals surface area (Å²) in [5.41, 5.74) is 3.02. The Morgan fingerprint density at radius 3 is 2.62 bits per heavy atom. The Bertz CT molecular complexity index is 927. The van der Waals surface area contributed by atoms with Gasteiger partial charge in [-0.1, -0.05) is 41.9 Å². The molecule has 0 aliphatic carbocycles. The van der Waals surface area contributed by atoms with Crippen molar-refractivity contribution in [1.82, 2.24) is 9.58 Å². The first-order chi connectivity index (χ1) is 11.7. The van der Waals surface area contributed by atoms with Crippen LogP contribution in [0, 0.1) is 0 Å². The highest BCUT2D eigenvalue weighted by atomic mass is 35.5. The molecule has 3 aromatic rings. The van der Waals surface area contributed by atoms with Gasteiger partial charge in [0.05, 0.1) is 5.71 Å². The van der Waals surface area contributed by atoms with Crippen LogP contribution in [-0.2, 0) is 11.5 Å². The van der Waals surface area contributed by atoms with Gasteiger partial charge in [-0.15, -0.1) is 0 Å². The highest BCUT2D eigenvalue weighted by Gasteiger charge is 2.21. The largest absolute Gasteiger partial charge is 0.327 e. The molecule has 2 heterocycles. The molecule has 120 valence electrons. The average Bonchev–Trinajstić information content (AvgIpc) is 3.01. The molecule has 4 nitrogen and oxygen atoms in total. The Morgan fingerprint density at radius 1 is 1.00 bits per heavy atom. The second-order valence-electron chi connectivity index (χ2n) is 5.83. The maximum absolute atomic E-state index is 12.3. The first-order valence-corrected chi connectivity index (χ1v) is 8.26. The van der Waals surface area contributed by atoms with Gasteiger partial charge in [0.1, 0.15) is 6.67 Å². The van der Waals surface area contributed by atoms with Crippen molar-refractivity contribution in [2.75, 3.05) is 0 Å². The number of benzene rings is 2. The molecule has 0 unspecified atom stereocenters. The predicted octanol–water partition coefficient (Wildman–Crippen LogP) is 4.28. The van der Waals surface area contributed by atoms with E-state index in [0.717, 1.165) is 22.2 Å². The molecule has 0 fully saturated rings. The number of carbonyl (C=O) groups is 1. The number of nitrogens with zero attached hydrogens (tertiary/aromatic N) is 3. The first kappa shape index (κ1) is 15.0. The maximum atomic E-state index is 12.3. The molecule has 1 aliphatic rings. The van der Waals surface area contributed by atoms with E-state index in [4.69, 9.17) is 11.6 Å². The summed E-state index contributed by atoms with van der Waals surface area (Å²) in [4.78, 5) is 12.3. The number of aromatic nitrogens is 1. The van der Waals surface area contributed by atoms with Gasteiger partial charge in [-0.25, -0.2) is 5.01 Å². The number of carbonyl (C=O) groups excluding carboxylic acids is 1. The molecule has 1 amide bonds. The second kappa shape index (κ2) is 6.13. The van der Waals surface area contributed by atoms with Crippen molar-refractivity contribution >= 4 is 34.1 Å². The van der Waals surface area contributed by atoms with Crippen LogP contribution < -0.4 is 0 Å². The minimum Gasteiger partial charge on any atom is -0.327 e. The highest BCUT2D eigenvalue weighted by Crippen LogP contribution is 2.20. The van der Waals surface area contributed by atoms with Gasteiger partial charge >= 0.3 is 0 Å². The lowest BCUT2D eigenvalue weighted by molar-refractivity contribution is -0.133. The van der Waals surface area contributed by atoms with Crippen LogP contribution in [0.4, 0.5) is 0 Å². The molecule has 1 aliphatic heterocycles. The second-order valence-corrected chi connectivity index (χ2v) is 6.27. The smallest absolute Gasteiger partial charge is 0.244 e. The Kier molecular flexibility index (Phi) is 3.82. The molecule has 2 aromatic carbocycles. The Morgan fingerprint density at radius 2 is 1.79 bits per heavy atom. The lowest BCUT2D eigenvalue weighted by Crippen LogP contribution is -2.33. The van der Waals surface area contributed by atoms with Crippen LogP contribution in [0.1, 0.15) is 18.4 Å². The molecule has 0 atom stereocenters. The monoisotopic (exact) mass is 337 g/mol. The summed E-state index contributed by atoms with van der Waals surface area (Å²) in [6, 6.07) is 17.8. The zero-order valence-electron chi connectivity index (χ0n) is 13.0. The molecule has 0 radical (unpaired) electrons. The summed E-state index contributed by atoms with van der Waals surface area (Å²) in [6.07, 6.45) is 3.12. The number of hydrogen-bond acceptors (Lipinski definition) is 2. The van der Waals surface area contributed by atoms with Crippen LogP contribution >= 0.6 is 11.6 Å². The van der Waals surface area contributed by atoms with Crippen molar-refractivity contribution in [3.05, 3.63) is 71.4 Å². The van der Waals surface area contributed by atoms with Gasteiger partial charge in [-0.3, -0.25) is 4.79 Å². The third-order valence-electron chi connectivity index (χ3n) is 4.25. The van der Waals surface area contributed by atoms with E-state index in [1.165, 1.54) is 0 Å². The normalized spacial score (nSPS) is 15.0. The van der Waals surface area contributed by atoms with Gasteiger partial charge in [-0.05, 0) is 35.2 Å². The summed E-state index contributed by atoms with van der Waals surface area (Å²) in [7, 11) is 0. The standard InChI is InChI=1S/C19H16ClN3O/c20-16-7-5-14(6-8-16)17-9-10-19(24)23(21-17)13-22-12-11-15-3-1-2-4-18(15)22/h1-8,11-12H,9-10,13H2. The van der Waals surface area contributed by atoms with Crippen LogP contribution in [0.25, 0.3) is 10.9 Å². The Balaban J connectivity index is 1.64. The van der Waals surface area contributed by atoms with E-state index in [9.17, 15) is 4.79 Å². The van der Waals surface area contributed by atoms with E-state index in [2.05, 4.69) is 11.2 Å². The van der Waals surface area contributed by atoms with Crippen molar-refractivity contribution in [2.24, 2.45) is 5.10 Å². The number of hydrazone groups is 1. The molecular formula is C19H16ClN3O. The molecule has 0 spiro atoms. The highest BCUT2D eigenvalue weighted by molar-refractivity contribution is 6.30. The molecular weight excluding hydrogens is 322 g/mol. The van der Waals surface area contributed by atoms with Gasteiger partial charge in [0.25, 0.3) is 0 Å². The van der Waals surface area contributed by atoms with Crippen molar-refractivity contribution in [2.45, 2.75) is 19.5 Å². The Labute approximate surface area is 144 Å². The molecule has 0 N–H and O–H groups in total. The van der Waals surface area contributed by atoms with E-state index < -0.39 is 0 Å². The fourth-order valence-electron chi connectivity index (χ4n) is 2.97. The third-order valence-corrected chi connectivity index (χ3v) is 4.50. The van der Waals surface area contributed by atoms with E-state index >= 15 is 0 Å². The summed E-state index contributed by atoms with van der Waals surface area (Å²) in [5.74, 6) is 0.0468. The van der Waals surface area contributed by atoms with Crippen LogP contribution in [0.5, 0.6) is 0 Å². The Hall–Kier alpha value is -2.59. The predicted molar refractivity (Wildman–Crippen MR) is 96.0 cm³/mol. The van der Waals surface area contributed by atoms with E-state index in [-0.39, 0.29) is 5.91 Å². The van der Waals surface area contributed by atoms with Gasteiger partial charge in [0, 0.05) is 29.6 Å². The van der Waals surface area contributed by atoms with Crippen LogP contribution in [0.15, 0.2) is 65.9 Å². The molecule has 4 rings (SSSR count). The lowest BCUT2D eigenvalue weighted by atomic mass is 10.0. The number of fused-ring (bicyclic) bond motifs is 1. The maximum Gasteiger partial charge on any atom is 0.244 e. The number of hydrogen-bond donors (Lipinski definition) is 0. The van der Waals surface area contributed by atoms with Crippen LogP contribution in [0.2, 0.25) is 5.02 Å². The van der Waals surface area contributed by atoms with Gasteiger partial charge < -0.3 is 4.57 Å². The van der Waals surface area contributed by atoms with E-state index in [1.54, 1.807) is 5.01 Å². The molecule has 0 saturated carbocycles.